The Hall–Kier alpha value is -0.550. The molecule has 1 N–H and O–H groups in total. The highest BCUT2D eigenvalue weighted by molar-refractivity contribution is 5.06. The van der Waals surface area contributed by atoms with E-state index in [2.05, 4.69) is 13.0 Å². The van der Waals surface area contributed by atoms with Gasteiger partial charge in [-0.25, -0.2) is 0 Å². The van der Waals surface area contributed by atoms with Gasteiger partial charge in [0.15, 0.2) is 0 Å². The summed E-state index contributed by atoms with van der Waals surface area (Å²) in [5.74, 6) is 0. The van der Waals surface area contributed by atoms with Crippen LogP contribution in [0.1, 0.15) is 51.9 Å². The van der Waals surface area contributed by atoms with E-state index in [-0.39, 0.29) is 6.10 Å². The number of hydrogen-bond acceptors (Lipinski definition) is 2. The van der Waals surface area contributed by atoms with Crippen molar-refractivity contribution in [1.82, 2.24) is 0 Å². The first-order valence-electron chi connectivity index (χ1n) is 5.34. The lowest BCUT2D eigenvalue weighted by Gasteiger charge is -2.26. The van der Waals surface area contributed by atoms with Gasteiger partial charge in [0.1, 0.15) is 0 Å². The lowest BCUT2D eigenvalue weighted by Crippen LogP contribution is -2.30. The molecule has 0 heterocycles. The van der Waals surface area contributed by atoms with Gasteiger partial charge in [0, 0.05) is 0 Å². The maximum Gasteiger partial charge on any atom is 0.0832 e. The maximum absolute atomic E-state index is 9.91. The fraction of sp³-hybridized carbons (Fsp3) is 0.909. The Balaban J connectivity index is 2.50. The Morgan fingerprint density at radius 2 is 2.08 bits per heavy atom. The molecule has 2 heteroatoms. The van der Waals surface area contributed by atoms with Crippen molar-refractivity contribution in [3.63, 3.8) is 0 Å². The number of rotatable bonds is 4. The van der Waals surface area contributed by atoms with Crippen molar-refractivity contribution >= 4 is 0 Å². The van der Waals surface area contributed by atoms with Crippen LogP contribution in [0.3, 0.4) is 0 Å². The molecule has 1 aliphatic rings. The van der Waals surface area contributed by atoms with E-state index in [9.17, 15) is 5.11 Å². The number of aliphatic hydroxyl groups is 1. The van der Waals surface area contributed by atoms with Crippen LogP contribution >= 0.6 is 0 Å². The standard InChI is InChI=1S/C11H19NO/c1-2-3-6-10(13)11(9-12)7-4-5-8-11/h10,13H,2-8H2,1H3. The Labute approximate surface area is 80.6 Å². The fourth-order valence-corrected chi connectivity index (χ4v) is 2.20. The first-order valence-corrected chi connectivity index (χ1v) is 5.34. The van der Waals surface area contributed by atoms with Crippen LogP contribution in [0, 0.1) is 16.7 Å². The molecular weight excluding hydrogens is 162 g/mol. The number of nitrogens with zero attached hydrogens (tertiary/aromatic N) is 1. The summed E-state index contributed by atoms with van der Waals surface area (Å²) in [6, 6.07) is 2.34. The lowest BCUT2D eigenvalue weighted by atomic mass is 9.80. The van der Waals surface area contributed by atoms with Gasteiger partial charge in [-0.3, -0.25) is 0 Å². The summed E-state index contributed by atoms with van der Waals surface area (Å²) in [6.07, 6.45) is 6.55. The summed E-state index contributed by atoms with van der Waals surface area (Å²) < 4.78 is 0. The zero-order valence-electron chi connectivity index (χ0n) is 8.42. The van der Waals surface area contributed by atoms with E-state index in [0.717, 1.165) is 44.9 Å². The molecule has 0 spiro atoms. The molecule has 0 saturated heterocycles. The summed E-state index contributed by atoms with van der Waals surface area (Å²) in [5.41, 5.74) is -0.394. The monoisotopic (exact) mass is 181 g/mol. The normalized spacial score (nSPS) is 22.5. The molecule has 1 fully saturated rings. The van der Waals surface area contributed by atoms with Crippen LogP contribution in [-0.2, 0) is 0 Å². The van der Waals surface area contributed by atoms with Crippen LogP contribution in [0.5, 0.6) is 0 Å². The van der Waals surface area contributed by atoms with E-state index in [4.69, 9.17) is 5.26 Å². The van der Waals surface area contributed by atoms with Gasteiger partial charge in [-0.2, -0.15) is 5.26 Å². The van der Waals surface area contributed by atoms with Gasteiger partial charge in [0.05, 0.1) is 17.6 Å². The van der Waals surface area contributed by atoms with Crippen molar-refractivity contribution in [2.24, 2.45) is 5.41 Å². The first-order chi connectivity index (χ1) is 6.25. The van der Waals surface area contributed by atoms with Crippen molar-refractivity contribution < 1.29 is 5.11 Å². The van der Waals surface area contributed by atoms with Crippen LogP contribution in [0.15, 0.2) is 0 Å². The van der Waals surface area contributed by atoms with Gasteiger partial charge >= 0.3 is 0 Å². The van der Waals surface area contributed by atoms with Crippen LogP contribution in [-0.4, -0.2) is 11.2 Å². The Morgan fingerprint density at radius 3 is 2.54 bits per heavy atom. The molecule has 0 radical (unpaired) electrons. The number of aliphatic hydroxyl groups excluding tert-OH is 1. The van der Waals surface area contributed by atoms with Gasteiger partial charge in [0.25, 0.3) is 0 Å². The molecule has 1 saturated carbocycles. The Morgan fingerprint density at radius 1 is 1.46 bits per heavy atom. The molecule has 0 aliphatic heterocycles. The van der Waals surface area contributed by atoms with Crippen LogP contribution in [0.2, 0.25) is 0 Å². The third kappa shape index (κ3) is 2.22. The van der Waals surface area contributed by atoms with Gasteiger partial charge in [-0.15, -0.1) is 0 Å². The molecular formula is C11H19NO. The summed E-state index contributed by atoms with van der Waals surface area (Å²) in [4.78, 5) is 0. The average Bonchev–Trinajstić information content (AvgIpc) is 2.63. The predicted molar refractivity (Wildman–Crippen MR) is 52.0 cm³/mol. The minimum absolute atomic E-state index is 0.389. The summed E-state index contributed by atoms with van der Waals surface area (Å²) >= 11 is 0. The lowest BCUT2D eigenvalue weighted by molar-refractivity contribution is 0.0581. The van der Waals surface area contributed by atoms with E-state index < -0.39 is 5.41 Å². The Bertz CT molecular complexity index is 189. The summed E-state index contributed by atoms with van der Waals surface area (Å²) in [7, 11) is 0. The number of hydrogen-bond donors (Lipinski definition) is 1. The molecule has 1 rings (SSSR count). The van der Waals surface area contributed by atoms with Crippen LogP contribution in [0.25, 0.3) is 0 Å². The molecule has 0 aromatic carbocycles. The van der Waals surface area contributed by atoms with E-state index >= 15 is 0 Å². The highest BCUT2D eigenvalue weighted by Crippen LogP contribution is 2.41. The predicted octanol–water partition coefficient (Wildman–Crippen LogP) is 2.62. The maximum atomic E-state index is 9.91. The highest BCUT2D eigenvalue weighted by Gasteiger charge is 2.40. The molecule has 74 valence electrons. The topological polar surface area (TPSA) is 44.0 Å². The van der Waals surface area contributed by atoms with E-state index in [1.54, 1.807) is 0 Å². The largest absolute Gasteiger partial charge is 0.391 e. The SMILES string of the molecule is CCCCC(O)C1(C#N)CCCC1. The van der Waals surface area contributed by atoms with E-state index in [1.807, 2.05) is 0 Å². The highest BCUT2D eigenvalue weighted by atomic mass is 16.3. The smallest absolute Gasteiger partial charge is 0.0832 e. The van der Waals surface area contributed by atoms with E-state index in [0.29, 0.717) is 0 Å². The third-order valence-electron chi connectivity index (χ3n) is 3.19. The third-order valence-corrected chi connectivity index (χ3v) is 3.19. The van der Waals surface area contributed by atoms with Crippen molar-refractivity contribution in [2.75, 3.05) is 0 Å². The van der Waals surface area contributed by atoms with Crippen molar-refractivity contribution in [1.29, 1.82) is 5.26 Å². The number of nitriles is 1. The minimum atomic E-state index is -0.394. The average molecular weight is 181 g/mol. The first kappa shape index (κ1) is 10.5. The van der Waals surface area contributed by atoms with Gasteiger partial charge in [-0.05, 0) is 19.3 Å². The molecule has 2 nitrogen and oxygen atoms in total. The molecule has 0 bridgehead atoms. The van der Waals surface area contributed by atoms with E-state index in [1.165, 1.54) is 0 Å². The fourth-order valence-electron chi connectivity index (χ4n) is 2.20. The zero-order chi connectivity index (χ0) is 9.73. The quantitative estimate of drug-likeness (QED) is 0.724. The summed E-state index contributed by atoms with van der Waals surface area (Å²) in [5, 5.41) is 19.0. The second kappa shape index (κ2) is 4.62. The molecule has 1 aliphatic carbocycles. The van der Waals surface area contributed by atoms with Crippen LogP contribution < -0.4 is 0 Å². The summed E-state index contributed by atoms with van der Waals surface area (Å²) in [6.45, 7) is 2.11. The van der Waals surface area contributed by atoms with Gasteiger partial charge < -0.3 is 5.11 Å². The molecule has 13 heavy (non-hydrogen) atoms. The van der Waals surface area contributed by atoms with Gasteiger partial charge in [0.2, 0.25) is 0 Å². The zero-order valence-corrected chi connectivity index (χ0v) is 8.42. The molecule has 1 unspecified atom stereocenters. The van der Waals surface area contributed by atoms with Gasteiger partial charge in [-0.1, -0.05) is 32.6 Å². The van der Waals surface area contributed by atoms with Crippen LogP contribution in [0.4, 0.5) is 0 Å². The molecule has 1 atom stereocenters. The minimum Gasteiger partial charge on any atom is -0.391 e. The Kier molecular flexibility index (Phi) is 3.74. The van der Waals surface area contributed by atoms with Crippen molar-refractivity contribution in [3.05, 3.63) is 0 Å². The second-order valence-electron chi connectivity index (χ2n) is 4.13. The van der Waals surface area contributed by atoms with Crippen molar-refractivity contribution in [2.45, 2.75) is 58.0 Å². The molecule has 0 aromatic rings. The molecule has 0 amide bonds. The second-order valence-corrected chi connectivity index (χ2v) is 4.13. The van der Waals surface area contributed by atoms with Crippen molar-refractivity contribution in [3.8, 4) is 6.07 Å². The number of unbranched alkanes of at least 4 members (excludes halogenated alkanes) is 1. The molecule has 0 aromatic heterocycles.